The molecule has 5 aromatic rings. The van der Waals surface area contributed by atoms with Crippen LogP contribution in [0, 0.1) is 6.92 Å². The molecule has 3 heterocycles. The molecule has 9 nitrogen and oxygen atoms in total. The summed E-state index contributed by atoms with van der Waals surface area (Å²) in [5.41, 5.74) is 9.20. The molecule has 2 aromatic carbocycles. The summed E-state index contributed by atoms with van der Waals surface area (Å²) >= 11 is 1.55. The Bertz CT molecular complexity index is 1510. The summed E-state index contributed by atoms with van der Waals surface area (Å²) in [6, 6.07) is 15.1. The van der Waals surface area contributed by atoms with Gasteiger partial charge in [0, 0.05) is 29.1 Å². The molecule has 188 valence electrons. The molecular formula is C27H26N6O3S. The first-order chi connectivity index (χ1) is 17.8. The zero-order valence-corrected chi connectivity index (χ0v) is 21.5. The SMILES string of the molecule is Cc1nc(CN(C)C(=O)c2cc(-c3ncco3)cc(-c3nnc([C@](C)(N)Cc4ccccc4)o3)c2)cs1. The van der Waals surface area contributed by atoms with Gasteiger partial charge in [-0.3, -0.25) is 4.79 Å². The van der Waals surface area contributed by atoms with E-state index in [0.717, 1.165) is 16.3 Å². The van der Waals surface area contributed by atoms with E-state index < -0.39 is 5.54 Å². The van der Waals surface area contributed by atoms with Crippen molar-refractivity contribution in [1.82, 2.24) is 25.1 Å². The Morgan fingerprint density at radius 2 is 1.86 bits per heavy atom. The maximum atomic E-state index is 13.4. The second kappa shape index (κ2) is 10.1. The highest BCUT2D eigenvalue weighted by Crippen LogP contribution is 2.30. The van der Waals surface area contributed by atoms with Crippen LogP contribution in [0.2, 0.25) is 0 Å². The van der Waals surface area contributed by atoms with E-state index in [-0.39, 0.29) is 11.8 Å². The Labute approximate surface area is 218 Å². The smallest absolute Gasteiger partial charge is 0.253 e. The van der Waals surface area contributed by atoms with Crippen LogP contribution in [0.1, 0.15) is 39.4 Å². The summed E-state index contributed by atoms with van der Waals surface area (Å²) in [4.78, 5) is 23.7. The minimum Gasteiger partial charge on any atom is -0.445 e. The monoisotopic (exact) mass is 514 g/mol. The molecule has 10 heteroatoms. The van der Waals surface area contributed by atoms with Crippen LogP contribution in [0.25, 0.3) is 22.9 Å². The van der Waals surface area contributed by atoms with Crippen molar-refractivity contribution in [3.63, 3.8) is 0 Å². The third-order valence-electron chi connectivity index (χ3n) is 5.85. The number of carbonyl (C=O) groups is 1. The van der Waals surface area contributed by atoms with E-state index >= 15 is 0 Å². The number of aromatic nitrogens is 4. The molecule has 0 aliphatic rings. The number of thiazole rings is 1. The topological polar surface area (TPSA) is 124 Å². The Morgan fingerprint density at radius 1 is 1.11 bits per heavy atom. The Hall–Kier alpha value is -4.15. The Morgan fingerprint density at radius 3 is 2.54 bits per heavy atom. The molecule has 0 unspecified atom stereocenters. The number of amides is 1. The predicted molar refractivity (Wildman–Crippen MR) is 140 cm³/mol. The number of carbonyl (C=O) groups excluding carboxylic acids is 1. The summed E-state index contributed by atoms with van der Waals surface area (Å²) in [6.07, 6.45) is 3.55. The largest absolute Gasteiger partial charge is 0.445 e. The molecule has 3 aromatic heterocycles. The van der Waals surface area contributed by atoms with Crippen LogP contribution in [-0.4, -0.2) is 38.0 Å². The first-order valence-electron chi connectivity index (χ1n) is 11.7. The number of benzene rings is 2. The van der Waals surface area contributed by atoms with Crippen LogP contribution in [0.3, 0.4) is 0 Å². The van der Waals surface area contributed by atoms with Gasteiger partial charge in [-0.25, -0.2) is 9.97 Å². The quantitative estimate of drug-likeness (QED) is 0.312. The fourth-order valence-corrected chi connectivity index (χ4v) is 4.65. The Kier molecular flexibility index (Phi) is 6.68. The van der Waals surface area contributed by atoms with Crippen molar-refractivity contribution in [2.24, 2.45) is 5.73 Å². The molecule has 5 rings (SSSR count). The van der Waals surface area contributed by atoms with Gasteiger partial charge in [0.15, 0.2) is 0 Å². The summed E-state index contributed by atoms with van der Waals surface area (Å²) in [5, 5.41) is 11.4. The lowest BCUT2D eigenvalue weighted by molar-refractivity contribution is 0.0783. The minimum atomic E-state index is -0.878. The molecule has 0 bridgehead atoms. The number of nitrogens with two attached hydrogens (primary N) is 1. The predicted octanol–water partition coefficient (Wildman–Crippen LogP) is 4.85. The third kappa shape index (κ3) is 5.50. The van der Waals surface area contributed by atoms with Gasteiger partial charge >= 0.3 is 0 Å². The molecule has 0 saturated carbocycles. The van der Waals surface area contributed by atoms with E-state index in [1.165, 1.54) is 6.26 Å². The van der Waals surface area contributed by atoms with E-state index in [4.69, 9.17) is 14.6 Å². The average Bonchev–Trinajstić information content (AvgIpc) is 3.66. The molecule has 0 fully saturated rings. The van der Waals surface area contributed by atoms with Crippen molar-refractivity contribution in [2.45, 2.75) is 32.4 Å². The number of rotatable bonds is 8. The molecule has 0 saturated heterocycles. The Balaban J connectivity index is 1.47. The van der Waals surface area contributed by atoms with Gasteiger partial charge in [0.05, 0.1) is 29.0 Å². The fourth-order valence-electron chi connectivity index (χ4n) is 4.05. The second-order valence-electron chi connectivity index (χ2n) is 9.15. The highest BCUT2D eigenvalue weighted by molar-refractivity contribution is 7.09. The normalized spacial score (nSPS) is 12.9. The van der Waals surface area contributed by atoms with Gasteiger partial charge in [-0.2, -0.15) is 0 Å². The van der Waals surface area contributed by atoms with E-state index in [1.807, 2.05) is 49.6 Å². The van der Waals surface area contributed by atoms with Gasteiger partial charge in [0.2, 0.25) is 17.7 Å². The first kappa shape index (κ1) is 24.5. The van der Waals surface area contributed by atoms with Crippen LogP contribution in [0.15, 0.2) is 75.2 Å². The van der Waals surface area contributed by atoms with Crippen molar-refractivity contribution >= 4 is 17.2 Å². The lowest BCUT2D eigenvalue weighted by Gasteiger charge is -2.20. The molecule has 1 atom stereocenters. The maximum Gasteiger partial charge on any atom is 0.253 e. The summed E-state index contributed by atoms with van der Waals surface area (Å²) < 4.78 is 11.5. The number of aryl methyl sites for hydroxylation is 1. The molecular weight excluding hydrogens is 488 g/mol. The maximum absolute atomic E-state index is 13.4. The van der Waals surface area contributed by atoms with E-state index in [9.17, 15) is 4.79 Å². The molecule has 0 aliphatic carbocycles. The van der Waals surface area contributed by atoms with Crippen LogP contribution in [0.4, 0.5) is 0 Å². The van der Waals surface area contributed by atoms with Gasteiger partial charge in [-0.15, -0.1) is 21.5 Å². The summed E-state index contributed by atoms with van der Waals surface area (Å²) in [5.74, 6) is 0.741. The fraction of sp³-hybridized carbons (Fsp3) is 0.222. The number of hydrogen-bond donors (Lipinski definition) is 1. The van der Waals surface area contributed by atoms with Crippen LogP contribution in [0.5, 0.6) is 0 Å². The highest BCUT2D eigenvalue weighted by atomic mass is 32.1. The van der Waals surface area contributed by atoms with Gasteiger partial charge in [-0.05, 0) is 44.0 Å². The number of oxazole rings is 1. The average molecular weight is 515 g/mol. The van der Waals surface area contributed by atoms with E-state index in [0.29, 0.717) is 41.4 Å². The van der Waals surface area contributed by atoms with E-state index in [2.05, 4.69) is 20.2 Å². The van der Waals surface area contributed by atoms with Crippen LogP contribution in [-0.2, 0) is 18.5 Å². The van der Waals surface area contributed by atoms with Crippen LogP contribution >= 0.6 is 11.3 Å². The lowest BCUT2D eigenvalue weighted by Crippen LogP contribution is -2.35. The van der Waals surface area contributed by atoms with Gasteiger partial charge in [0.25, 0.3) is 5.91 Å². The van der Waals surface area contributed by atoms with Crippen molar-refractivity contribution in [3.05, 3.63) is 94.1 Å². The zero-order chi connectivity index (χ0) is 26.0. The van der Waals surface area contributed by atoms with Crippen molar-refractivity contribution in [3.8, 4) is 22.9 Å². The molecule has 1 amide bonds. The van der Waals surface area contributed by atoms with Crippen molar-refractivity contribution in [1.29, 1.82) is 0 Å². The van der Waals surface area contributed by atoms with Gasteiger partial charge < -0.3 is 19.5 Å². The molecule has 0 aliphatic heterocycles. The third-order valence-corrected chi connectivity index (χ3v) is 6.67. The number of hydrogen-bond acceptors (Lipinski definition) is 9. The zero-order valence-electron chi connectivity index (χ0n) is 20.7. The first-order valence-corrected chi connectivity index (χ1v) is 12.5. The van der Waals surface area contributed by atoms with E-state index in [1.54, 1.807) is 47.7 Å². The summed E-state index contributed by atoms with van der Waals surface area (Å²) in [6.45, 7) is 4.18. The van der Waals surface area contributed by atoms with Gasteiger partial charge in [0.1, 0.15) is 6.26 Å². The molecule has 37 heavy (non-hydrogen) atoms. The lowest BCUT2D eigenvalue weighted by atomic mass is 9.94. The van der Waals surface area contributed by atoms with Crippen molar-refractivity contribution < 1.29 is 13.6 Å². The number of nitrogens with zero attached hydrogens (tertiary/aromatic N) is 5. The minimum absolute atomic E-state index is 0.187. The van der Waals surface area contributed by atoms with Gasteiger partial charge in [-0.1, -0.05) is 30.3 Å². The molecule has 0 spiro atoms. The second-order valence-corrected chi connectivity index (χ2v) is 10.2. The standard InChI is InChI=1S/C27H26N6O3S/c1-17-30-22(16-37-17)15-33(3)25(34)21-12-19(23-29-9-10-35-23)11-20(13-21)24-31-32-26(36-24)27(2,28)14-18-7-5-4-6-8-18/h4-13,16H,14-15,28H2,1-3H3/t27-/m1/s1. The van der Waals surface area contributed by atoms with Crippen molar-refractivity contribution in [2.75, 3.05) is 7.05 Å². The highest BCUT2D eigenvalue weighted by Gasteiger charge is 2.29. The molecule has 0 radical (unpaired) electrons. The summed E-state index contributed by atoms with van der Waals surface area (Å²) in [7, 11) is 1.74. The van der Waals surface area contributed by atoms with Crippen LogP contribution < -0.4 is 5.73 Å². The molecule has 2 N–H and O–H groups in total.